The van der Waals surface area contributed by atoms with Crippen molar-refractivity contribution in [2.75, 3.05) is 24.5 Å². The molecule has 1 aromatic heterocycles. The fraction of sp³-hybridized carbons (Fsp3) is 0.692. The molecular formula is C13H21ClN4O. The molecule has 1 atom stereocenters. The summed E-state index contributed by atoms with van der Waals surface area (Å²) in [6, 6.07) is 0.281. The number of halogens is 1. The Hall–Kier alpha value is -1.07. The second-order valence-corrected chi connectivity index (χ2v) is 5.73. The van der Waals surface area contributed by atoms with Crippen LogP contribution in [0.5, 0.6) is 0 Å². The van der Waals surface area contributed by atoms with Gasteiger partial charge in [0.25, 0.3) is 5.56 Å². The molecule has 0 saturated carbocycles. The highest BCUT2D eigenvalue weighted by molar-refractivity contribution is 6.33. The van der Waals surface area contributed by atoms with Crippen molar-refractivity contribution >= 4 is 17.3 Å². The highest BCUT2D eigenvalue weighted by Gasteiger charge is 2.22. The number of aromatic amines is 1. The van der Waals surface area contributed by atoms with Crippen LogP contribution < -0.4 is 15.8 Å². The molecule has 2 heterocycles. The lowest BCUT2D eigenvalue weighted by molar-refractivity contribution is 0.371. The van der Waals surface area contributed by atoms with E-state index in [-0.39, 0.29) is 16.6 Å². The second-order valence-electron chi connectivity index (χ2n) is 5.36. The quantitative estimate of drug-likeness (QED) is 0.882. The van der Waals surface area contributed by atoms with Crippen LogP contribution in [0.1, 0.15) is 26.7 Å². The fourth-order valence-electron chi connectivity index (χ4n) is 2.52. The molecule has 0 radical (unpaired) electrons. The number of rotatable bonds is 4. The van der Waals surface area contributed by atoms with Gasteiger partial charge >= 0.3 is 0 Å². The summed E-state index contributed by atoms with van der Waals surface area (Å²) in [5.74, 6) is 0.589. The predicted molar refractivity (Wildman–Crippen MR) is 77.9 cm³/mol. The van der Waals surface area contributed by atoms with E-state index in [2.05, 4.69) is 34.3 Å². The molecule has 1 aliphatic rings. The summed E-state index contributed by atoms with van der Waals surface area (Å²) in [6.45, 7) is 7.24. The van der Waals surface area contributed by atoms with Gasteiger partial charge in [-0.25, -0.2) is 5.10 Å². The molecule has 0 spiro atoms. The van der Waals surface area contributed by atoms with Gasteiger partial charge in [-0.3, -0.25) is 4.79 Å². The Morgan fingerprint density at radius 3 is 3.00 bits per heavy atom. The molecule has 6 heteroatoms. The lowest BCUT2D eigenvalue weighted by Gasteiger charge is -2.34. The van der Waals surface area contributed by atoms with Crippen LogP contribution in [-0.2, 0) is 0 Å². The maximum Gasteiger partial charge on any atom is 0.285 e. The van der Waals surface area contributed by atoms with Crippen LogP contribution in [-0.4, -0.2) is 35.9 Å². The van der Waals surface area contributed by atoms with Gasteiger partial charge in [0.1, 0.15) is 5.02 Å². The molecule has 1 saturated heterocycles. The molecule has 19 heavy (non-hydrogen) atoms. The Labute approximate surface area is 118 Å². The molecule has 1 fully saturated rings. The van der Waals surface area contributed by atoms with Crippen molar-refractivity contribution in [2.24, 2.45) is 5.92 Å². The number of piperidine rings is 1. The van der Waals surface area contributed by atoms with Crippen molar-refractivity contribution in [3.05, 3.63) is 21.6 Å². The van der Waals surface area contributed by atoms with E-state index < -0.39 is 0 Å². The van der Waals surface area contributed by atoms with Crippen molar-refractivity contribution < 1.29 is 0 Å². The van der Waals surface area contributed by atoms with E-state index in [4.69, 9.17) is 11.6 Å². The summed E-state index contributed by atoms with van der Waals surface area (Å²) in [5, 5.41) is 9.87. The first-order valence-corrected chi connectivity index (χ1v) is 7.18. The number of nitrogens with zero attached hydrogens (tertiary/aromatic N) is 2. The zero-order valence-corrected chi connectivity index (χ0v) is 12.2. The van der Waals surface area contributed by atoms with Crippen molar-refractivity contribution in [3.63, 3.8) is 0 Å². The van der Waals surface area contributed by atoms with Crippen LogP contribution >= 0.6 is 11.6 Å². The zero-order chi connectivity index (χ0) is 13.8. The molecule has 0 bridgehead atoms. The first kappa shape index (κ1) is 14.3. The third-order valence-electron chi connectivity index (χ3n) is 3.56. The highest BCUT2D eigenvalue weighted by Crippen LogP contribution is 2.25. The lowest BCUT2D eigenvalue weighted by atomic mass is 9.98. The molecule has 1 aromatic rings. The Bertz CT molecular complexity index is 468. The monoisotopic (exact) mass is 284 g/mol. The van der Waals surface area contributed by atoms with Crippen LogP contribution in [0.2, 0.25) is 5.02 Å². The van der Waals surface area contributed by atoms with E-state index in [9.17, 15) is 4.79 Å². The number of hydrogen-bond acceptors (Lipinski definition) is 4. The lowest BCUT2D eigenvalue weighted by Crippen LogP contribution is -2.41. The fourth-order valence-corrected chi connectivity index (χ4v) is 2.72. The first-order chi connectivity index (χ1) is 9.09. The summed E-state index contributed by atoms with van der Waals surface area (Å²) in [6.07, 6.45) is 4.06. The molecule has 2 N–H and O–H groups in total. The van der Waals surface area contributed by atoms with Crippen molar-refractivity contribution in [2.45, 2.75) is 32.7 Å². The minimum Gasteiger partial charge on any atom is -0.366 e. The maximum atomic E-state index is 11.6. The summed E-state index contributed by atoms with van der Waals surface area (Å²) in [7, 11) is 0. The summed E-state index contributed by atoms with van der Waals surface area (Å²) in [5.41, 5.74) is 0.401. The third-order valence-corrected chi connectivity index (χ3v) is 3.93. The summed E-state index contributed by atoms with van der Waals surface area (Å²) in [4.78, 5) is 13.7. The van der Waals surface area contributed by atoms with Crippen LogP contribution in [0, 0.1) is 5.92 Å². The number of aromatic nitrogens is 2. The van der Waals surface area contributed by atoms with Gasteiger partial charge < -0.3 is 10.2 Å². The third kappa shape index (κ3) is 3.48. The SMILES string of the molecule is CC(C)N(CC1CCCNC1)c1cn[nH]c(=O)c1Cl. The van der Waals surface area contributed by atoms with Crippen LogP contribution in [0.25, 0.3) is 0 Å². The molecule has 2 rings (SSSR count). The molecule has 1 unspecified atom stereocenters. The van der Waals surface area contributed by atoms with Crippen LogP contribution in [0.15, 0.2) is 11.0 Å². The summed E-state index contributed by atoms with van der Waals surface area (Å²) >= 11 is 6.11. The molecule has 0 aromatic carbocycles. The number of hydrogen-bond donors (Lipinski definition) is 2. The van der Waals surface area contributed by atoms with Gasteiger partial charge in [0.2, 0.25) is 0 Å². The minimum atomic E-state index is -0.327. The van der Waals surface area contributed by atoms with Gasteiger partial charge in [-0.1, -0.05) is 11.6 Å². The van der Waals surface area contributed by atoms with Crippen LogP contribution in [0.4, 0.5) is 5.69 Å². The van der Waals surface area contributed by atoms with E-state index in [0.29, 0.717) is 5.92 Å². The Morgan fingerprint density at radius 2 is 2.37 bits per heavy atom. The molecule has 106 valence electrons. The number of H-pyrrole nitrogens is 1. The Kier molecular flexibility index (Phi) is 4.82. The molecule has 1 aliphatic heterocycles. The first-order valence-electron chi connectivity index (χ1n) is 6.80. The number of anilines is 1. The Morgan fingerprint density at radius 1 is 1.58 bits per heavy atom. The van der Waals surface area contributed by atoms with Gasteiger partial charge in [0.05, 0.1) is 11.9 Å². The molecule has 5 nitrogen and oxygen atoms in total. The average molecular weight is 285 g/mol. The van der Waals surface area contributed by atoms with Gasteiger partial charge in [-0.05, 0) is 45.7 Å². The average Bonchev–Trinajstić information content (AvgIpc) is 2.40. The Balaban J connectivity index is 2.19. The largest absolute Gasteiger partial charge is 0.366 e. The normalized spacial score (nSPS) is 19.7. The van der Waals surface area contributed by atoms with Gasteiger partial charge in [0.15, 0.2) is 0 Å². The predicted octanol–water partition coefficient (Wildman–Crippen LogP) is 1.64. The molecular weight excluding hydrogens is 264 g/mol. The van der Waals surface area contributed by atoms with Crippen LogP contribution in [0.3, 0.4) is 0 Å². The molecule has 0 amide bonds. The van der Waals surface area contributed by atoms with E-state index in [1.165, 1.54) is 12.8 Å². The summed E-state index contributed by atoms with van der Waals surface area (Å²) < 4.78 is 0. The standard InChI is InChI=1S/C13H21ClN4O/c1-9(2)18(8-10-4-3-5-15-6-10)11-7-16-17-13(19)12(11)14/h7,9-10,15H,3-6,8H2,1-2H3,(H,17,19). The van der Waals surface area contributed by atoms with Crippen molar-refractivity contribution in [3.8, 4) is 0 Å². The molecule has 0 aliphatic carbocycles. The topological polar surface area (TPSA) is 61.0 Å². The maximum absolute atomic E-state index is 11.6. The van der Waals surface area contributed by atoms with Gasteiger partial charge in [-0.2, -0.15) is 5.10 Å². The van der Waals surface area contributed by atoms with Crippen molar-refractivity contribution in [1.29, 1.82) is 0 Å². The van der Waals surface area contributed by atoms with E-state index in [1.54, 1.807) is 6.20 Å². The zero-order valence-electron chi connectivity index (χ0n) is 11.4. The second kappa shape index (κ2) is 6.39. The minimum absolute atomic E-state index is 0.229. The van der Waals surface area contributed by atoms with E-state index in [1.807, 2.05) is 0 Å². The van der Waals surface area contributed by atoms with Gasteiger partial charge in [-0.15, -0.1) is 0 Å². The van der Waals surface area contributed by atoms with Crippen molar-refractivity contribution in [1.82, 2.24) is 15.5 Å². The number of nitrogens with one attached hydrogen (secondary N) is 2. The smallest absolute Gasteiger partial charge is 0.285 e. The highest BCUT2D eigenvalue weighted by atomic mass is 35.5. The van der Waals surface area contributed by atoms with E-state index in [0.717, 1.165) is 25.3 Å². The van der Waals surface area contributed by atoms with Gasteiger partial charge in [0, 0.05) is 12.6 Å². The van der Waals surface area contributed by atoms with E-state index >= 15 is 0 Å².